The molecule has 0 aromatic heterocycles. The Morgan fingerprint density at radius 1 is 0.896 bits per heavy atom. The molecule has 0 bridgehead atoms. The standard InChI is InChI=1S/C30H45NOS.C7H10.C4H10.C2H6.CH4O/c1-21-10-14-24(15-11-21)33-31-28(32)9-6-8-23-13-17-26-25-16-12-22-7-4-5-19-29(22,2)27(25)18-20-30(23,26)3;1-3-5-7-6-4-2;1-3-4-2;2*1-2/h10-11,14-15,22-23,25-27H,4-9,12-13,16-20H2,1-3H3,(H,31,32);3-7H,1H2,2H3;3-4H2,1-2H3;1-2H3;2H,1H3/b;6-4-,7-5-;;;. The van der Waals surface area contributed by atoms with Gasteiger partial charge in [-0.1, -0.05) is 122 Å². The summed E-state index contributed by atoms with van der Waals surface area (Å²) in [6.07, 6.45) is 29.9. The fourth-order valence-electron chi connectivity index (χ4n) is 9.41. The van der Waals surface area contributed by atoms with Crippen LogP contribution in [0.2, 0.25) is 0 Å². The number of carbonyl (C=O) groups is 1. The van der Waals surface area contributed by atoms with Crippen LogP contribution in [-0.4, -0.2) is 18.1 Å². The van der Waals surface area contributed by atoms with Crippen LogP contribution in [0.4, 0.5) is 0 Å². The largest absolute Gasteiger partial charge is 0.400 e. The van der Waals surface area contributed by atoms with Crippen LogP contribution in [0.3, 0.4) is 0 Å². The van der Waals surface area contributed by atoms with Crippen molar-refractivity contribution in [2.45, 2.75) is 157 Å². The van der Waals surface area contributed by atoms with Crippen LogP contribution in [0.25, 0.3) is 0 Å². The van der Waals surface area contributed by atoms with Crippen molar-refractivity contribution in [3.8, 4) is 0 Å². The van der Waals surface area contributed by atoms with E-state index in [4.69, 9.17) is 5.11 Å². The van der Waals surface area contributed by atoms with E-state index in [1.165, 1.54) is 101 Å². The van der Waals surface area contributed by atoms with Crippen molar-refractivity contribution >= 4 is 17.9 Å². The van der Waals surface area contributed by atoms with Gasteiger partial charge in [0.25, 0.3) is 0 Å². The lowest BCUT2D eigenvalue weighted by Crippen LogP contribution is -2.52. The first-order chi connectivity index (χ1) is 23.2. The monoisotopic (exact) mass is 682 g/mol. The first-order valence-electron chi connectivity index (χ1n) is 19.6. The van der Waals surface area contributed by atoms with E-state index in [0.29, 0.717) is 17.3 Å². The highest BCUT2D eigenvalue weighted by Crippen LogP contribution is 2.67. The highest BCUT2D eigenvalue weighted by molar-refractivity contribution is 7.98. The van der Waals surface area contributed by atoms with E-state index < -0.39 is 0 Å². The summed E-state index contributed by atoms with van der Waals surface area (Å²) in [7, 11) is 1.00. The van der Waals surface area contributed by atoms with Gasteiger partial charge in [-0.15, -0.1) is 0 Å². The average molecular weight is 682 g/mol. The minimum absolute atomic E-state index is 0.188. The predicted molar refractivity (Wildman–Crippen MR) is 213 cm³/mol. The van der Waals surface area contributed by atoms with Crippen LogP contribution in [0.5, 0.6) is 0 Å². The Balaban J connectivity index is 0.000000654. The molecule has 7 unspecified atom stereocenters. The van der Waals surface area contributed by atoms with Gasteiger partial charge in [0.15, 0.2) is 0 Å². The molecule has 4 heteroatoms. The Kier molecular flexibility index (Phi) is 22.5. The number of aliphatic hydroxyl groups excluding tert-OH is 1. The van der Waals surface area contributed by atoms with Gasteiger partial charge >= 0.3 is 0 Å². The van der Waals surface area contributed by atoms with Gasteiger partial charge in [-0.05, 0) is 143 Å². The third-order valence-electron chi connectivity index (χ3n) is 12.1. The molecule has 48 heavy (non-hydrogen) atoms. The summed E-state index contributed by atoms with van der Waals surface area (Å²) in [5.41, 5.74) is 2.43. The van der Waals surface area contributed by atoms with Crippen molar-refractivity contribution in [3.05, 3.63) is 66.8 Å². The molecule has 1 aromatic carbocycles. The number of hydrogen-bond acceptors (Lipinski definition) is 3. The van der Waals surface area contributed by atoms with Crippen molar-refractivity contribution in [2.75, 3.05) is 7.11 Å². The Morgan fingerprint density at radius 2 is 1.56 bits per heavy atom. The zero-order valence-electron chi connectivity index (χ0n) is 32.7. The number of fused-ring (bicyclic) bond motifs is 5. The van der Waals surface area contributed by atoms with Gasteiger partial charge in [-0.25, -0.2) is 0 Å². The lowest BCUT2D eigenvalue weighted by Gasteiger charge is -2.60. The van der Waals surface area contributed by atoms with E-state index in [9.17, 15) is 4.79 Å². The third-order valence-corrected chi connectivity index (χ3v) is 12.9. The number of rotatable bonds is 9. The Bertz CT molecular complexity index is 1060. The molecule has 4 fully saturated rings. The third kappa shape index (κ3) is 12.8. The molecule has 0 heterocycles. The second-order valence-corrected chi connectivity index (χ2v) is 15.6. The predicted octanol–water partition coefficient (Wildman–Crippen LogP) is 13.1. The van der Waals surface area contributed by atoms with Gasteiger partial charge < -0.3 is 5.11 Å². The number of aliphatic hydroxyl groups is 1. The summed E-state index contributed by atoms with van der Waals surface area (Å²) in [6, 6.07) is 8.36. The van der Waals surface area contributed by atoms with E-state index in [2.05, 4.69) is 70.2 Å². The minimum atomic E-state index is 0.188. The van der Waals surface area contributed by atoms with Gasteiger partial charge in [0.05, 0.1) is 0 Å². The van der Waals surface area contributed by atoms with Crippen LogP contribution in [0, 0.1) is 47.3 Å². The molecule has 5 rings (SSSR count). The van der Waals surface area contributed by atoms with Gasteiger partial charge in [0.2, 0.25) is 5.91 Å². The maximum atomic E-state index is 12.4. The Morgan fingerprint density at radius 3 is 2.19 bits per heavy atom. The van der Waals surface area contributed by atoms with E-state index in [-0.39, 0.29) is 5.91 Å². The minimum Gasteiger partial charge on any atom is -0.400 e. The zero-order chi connectivity index (χ0) is 36.0. The second-order valence-electron chi connectivity index (χ2n) is 14.7. The fraction of sp³-hybridized carbons (Fsp3) is 0.705. The van der Waals surface area contributed by atoms with Crippen LogP contribution in [0.15, 0.2) is 66.1 Å². The normalized spacial score (nSPS) is 29.9. The van der Waals surface area contributed by atoms with Crippen LogP contribution >= 0.6 is 11.9 Å². The second kappa shape index (κ2) is 24.4. The first-order valence-corrected chi connectivity index (χ1v) is 20.4. The van der Waals surface area contributed by atoms with Crippen molar-refractivity contribution in [1.29, 1.82) is 0 Å². The molecule has 0 aliphatic heterocycles. The molecule has 0 saturated heterocycles. The number of hydrogen-bond donors (Lipinski definition) is 2. The summed E-state index contributed by atoms with van der Waals surface area (Å²) < 4.78 is 3.06. The summed E-state index contributed by atoms with van der Waals surface area (Å²) in [5.74, 6) is 4.97. The van der Waals surface area contributed by atoms with Crippen LogP contribution < -0.4 is 4.72 Å². The van der Waals surface area contributed by atoms with Crippen molar-refractivity contribution in [2.24, 2.45) is 40.4 Å². The number of benzene rings is 1. The summed E-state index contributed by atoms with van der Waals surface area (Å²) >= 11 is 1.46. The van der Waals surface area contributed by atoms with E-state index in [0.717, 1.165) is 48.0 Å². The Labute approximate surface area is 302 Å². The molecule has 3 nitrogen and oxygen atoms in total. The zero-order valence-corrected chi connectivity index (χ0v) is 33.5. The summed E-state index contributed by atoms with van der Waals surface area (Å²) in [5, 5.41) is 7.00. The maximum absolute atomic E-state index is 12.4. The number of aryl methyl sites for hydroxylation is 1. The molecule has 2 N–H and O–H groups in total. The SMILES string of the molecule is C=C/C=C\C=C/C.CC.CCCC.CO.Cc1ccc(SNC(=O)CCCC2CCC3C4CCC5CCCCC5(C)C4CCC23C)cc1. The van der Waals surface area contributed by atoms with Gasteiger partial charge in [-0.2, -0.15) is 0 Å². The highest BCUT2D eigenvalue weighted by Gasteiger charge is 2.59. The van der Waals surface area contributed by atoms with Gasteiger partial charge in [0.1, 0.15) is 0 Å². The van der Waals surface area contributed by atoms with Gasteiger partial charge in [-0.3, -0.25) is 9.52 Å². The molecular weight excluding hydrogens is 607 g/mol. The van der Waals surface area contributed by atoms with E-state index in [1.807, 2.05) is 45.1 Å². The quantitative estimate of drug-likeness (QED) is 0.201. The first kappa shape index (κ1) is 44.2. The highest BCUT2D eigenvalue weighted by atomic mass is 32.2. The number of amides is 1. The fourth-order valence-corrected chi connectivity index (χ4v) is 10.0. The lowest BCUT2D eigenvalue weighted by atomic mass is 9.45. The number of unbranched alkanes of at least 4 members (excludes halogenated alkanes) is 1. The van der Waals surface area contributed by atoms with Crippen molar-refractivity contribution in [1.82, 2.24) is 4.72 Å². The Hall–Kier alpha value is -1.78. The molecule has 0 radical (unpaired) electrons. The van der Waals surface area contributed by atoms with Crippen molar-refractivity contribution < 1.29 is 9.90 Å². The summed E-state index contributed by atoms with van der Waals surface area (Å²) in [6.45, 7) is 21.3. The van der Waals surface area contributed by atoms with Gasteiger partial charge in [0, 0.05) is 18.4 Å². The molecule has 7 atom stereocenters. The average Bonchev–Trinajstić information content (AvgIpc) is 3.46. The number of nitrogens with one attached hydrogen (secondary N) is 1. The topological polar surface area (TPSA) is 49.3 Å². The molecular formula is C44H75NO2S. The van der Waals surface area contributed by atoms with Crippen LogP contribution in [0.1, 0.15) is 150 Å². The molecule has 1 aromatic rings. The maximum Gasteiger partial charge on any atom is 0.230 e. The lowest BCUT2D eigenvalue weighted by molar-refractivity contribution is -0.119. The summed E-state index contributed by atoms with van der Waals surface area (Å²) in [4.78, 5) is 13.6. The van der Waals surface area contributed by atoms with E-state index in [1.54, 1.807) is 6.08 Å². The van der Waals surface area contributed by atoms with Crippen LogP contribution in [-0.2, 0) is 4.79 Å². The van der Waals surface area contributed by atoms with Crippen molar-refractivity contribution in [3.63, 3.8) is 0 Å². The number of allylic oxidation sites excluding steroid dienone is 5. The smallest absolute Gasteiger partial charge is 0.230 e. The molecule has 4 aliphatic carbocycles. The molecule has 4 saturated carbocycles. The molecule has 274 valence electrons. The molecule has 4 aliphatic rings. The number of carbonyl (C=O) groups excluding carboxylic acids is 1. The van der Waals surface area contributed by atoms with E-state index >= 15 is 0 Å². The molecule has 0 spiro atoms. The molecule has 1 amide bonds.